The Kier molecular flexibility index (Phi) is 4.15. The summed E-state index contributed by atoms with van der Waals surface area (Å²) in [6.45, 7) is 3.66. The van der Waals surface area contributed by atoms with E-state index in [9.17, 15) is 4.79 Å². The van der Waals surface area contributed by atoms with Crippen LogP contribution in [0.15, 0.2) is 60.9 Å². The van der Waals surface area contributed by atoms with Crippen LogP contribution in [0.1, 0.15) is 5.56 Å². The molecule has 1 heterocycles. The van der Waals surface area contributed by atoms with Gasteiger partial charge in [-0.05, 0) is 29.8 Å². The van der Waals surface area contributed by atoms with Gasteiger partial charge < -0.3 is 10.6 Å². The van der Waals surface area contributed by atoms with Gasteiger partial charge in [0.1, 0.15) is 0 Å². The number of aromatic nitrogens is 1. The summed E-state index contributed by atoms with van der Waals surface area (Å²) in [5, 5.41) is 0. The maximum Gasteiger partial charge on any atom is 0.244 e. The van der Waals surface area contributed by atoms with Gasteiger partial charge >= 0.3 is 0 Å². The molecule has 4 heteroatoms. The van der Waals surface area contributed by atoms with Crippen molar-refractivity contribution in [3.05, 3.63) is 66.5 Å². The summed E-state index contributed by atoms with van der Waals surface area (Å²) in [6.07, 6.45) is 4.00. The van der Waals surface area contributed by atoms with E-state index in [1.54, 1.807) is 12.4 Å². The summed E-state index contributed by atoms with van der Waals surface area (Å²) in [7, 11) is 1.99. The smallest absolute Gasteiger partial charge is 0.244 e. The molecule has 2 aromatic rings. The Morgan fingerprint density at radius 1 is 1.15 bits per heavy atom. The zero-order valence-electron chi connectivity index (χ0n) is 11.4. The van der Waals surface area contributed by atoms with Crippen molar-refractivity contribution in [3.63, 3.8) is 0 Å². The van der Waals surface area contributed by atoms with E-state index in [1.165, 1.54) is 0 Å². The molecule has 2 N–H and O–H groups in total. The van der Waals surface area contributed by atoms with E-state index >= 15 is 0 Å². The minimum Gasteiger partial charge on any atom is -0.366 e. The molecule has 20 heavy (non-hydrogen) atoms. The van der Waals surface area contributed by atoms with Crippen LogP contribution in [0.25, 0.3) is 0 Å². The van der Waals surface area contributed by atoms with E-state index in [0.717, 1.165) is 16.9 Å². The van der Waals surface area contributed by atoms with Crippen LogP contribution >= 0.6 is 0 Å². The van der Waals surface area contributed by atoms with Crippen LogP contribution < -0.4 is 10.6 Å². The number of pyridine rings is 1. The second-order valence-electron chi connectivity index (χ2n) is 4.58. The minimum atomic E-state index is -0.456. The highest BCUT2D eigenvalue weighted by molar-refractivity contribution is 5.91. The molecule has 0 saturated carbocycles. The average Bonchev–Trinajstić information content (AvgIpc) is 2.48. The quantitative estimate of drug-likeness (QED) is 0.846. The third kappa shape index (κ3) is 3.23. The molecule has 0 aliphatic heterocycles. The van der Waals surface area contributed by atoms with E-state index in [2.05, 4.69) is 16.5 Å². The predicted molar refractivity (Wildman–Crippen MR) is 80.8 cm³/mol. The number of carbonyl (C=O) groups excluding carboxylic acids is 1. The van der Waals surface area contributed by atoms with Gasteiger partial charge in [-0.3, -0.25) is 9.78 Å². The Hall–Kier alpha value is -2.62. The maximum absolute atomic E-state index is 11.0. The van der Waals surface area contributed by atoms with Gasteiger partial charge in [-0.15, -0.1) is 0 Å². The first kappa shape index (κ1) is 13.8. The van der Waals surface area contributed by atoms with Crippen LogP contribution in [0.2, 0.25) is 0 Å². The SMILES string of the molecule is C=C(Cc1ccc(N(C)c2ccncc2)cc1)C(N)=O. The zero-order valence-corrected chi connectivity index (χ0v) is 11.4. The van der Waals surface area contributed by atoms with Gasteiger partial charge in [0.05, 0.1) is 0 Å². The summed E-state index contributed by atoms with van der Waals surface area (Å²) >= 11 is 0. The lowest BCUT2D eigenvalue weighted by atomic mass is 10.1. The normalized spacial score (nSPS) is 10.1. The van der Waals surface area contributed by atoms with Gasteiger partial charge in [-0.1, -0.05) is 18.7 Å². The Morgan fingerprint density at radius 3 is 2.25 bits per heavy atom. The highest BCUT2D eigenvalue weighted by Crippen LogP contribution is 2.23. The monoisotopic (exact) mass is 267 g/mol. The van der Waals surface area contributed by atoms with Crippen LogP contribution in [0, 0.1) is 0 Å². The van der Waals surface area contributed by atoms with Gasteiger partial charge in [-0.2, -0.15) is 0 Å². The molecule has 0 spiro atoms. The first-order valence-electron chi connectivity index (χ1n) is 6.28. The van der Waals surface area contributed by atoms with Crippen molar-refractivity contribution in [2.75, 3.05) is 11.9 Å². The molecule has 4 nitrogen and oxygen atoms in total. The second-order valence-corrected chi connectivity index (χ2v) is 4.58. The lowest BCUT2D eigenvalue weighted by molar-refractivity contribution is -0.114. The van der Waals surface area contributed by atoms with Crippen LogP contribution in [-0.2, 0) is 11.2 Å². The van der Waals surface area contributed by atoms with E-state index in [1.807, 2.05) is 43.4 Å². The minimum absolute atomic E-state index is 0.417. The fourth-order valence-corrected chi connectivity index (χ4v) is 1.89. The number of benzene rings is 1. The molecule has 102 valence electrons. The van der Waals surface area contributed by atoms with Gasteiger partial charge in [-0.25, -0.2) is 0 Å². The molecule has 0 unspecified atom stereocenters. The Bertz CT molecular complexity index is 605. The number of anilines is 2. The Labute approximate surface area is 118 Å². The molecule has 1 aromatic carbocycles. The molecule has 2 rings (SSSR count). The Balaban J connectivity index is 2.12. The van der Waals surface area contributed by atoms with E-state index in [0.29, 0.717) is 12.0 Å². The summed E-state index contributed by atoms with van der Waals surface area (Å²) in [5.74, 6) is -0.456. The number of nitrogens with zero attached hydrogens (tertiary/aromatic N) is 2. The van der Waals surface area contributed by atoms with Crippen molar-refractivity contribution in [1.29, 1.82) is 0 Å². The number of rotatable bonds is 5. The fourth-order valence-electron chi connectivity index (χ4n) is 1.89. The number of nitrogens with two attached hydrogens (primary N) is 1. The van der Waals surface area contributed by atoms with Gasteiger partial charge in [0, 0.05) is 42.8 Å². The number of carbonyl (C=O) groups is 1. The predicted octanol–water partition coefficient (Wildman–Crippen LogP) is 2.43. The van der Waals surface area contributed by atoms with Crippen LogP contribution in [0.3, 0.4) is 0 Å². The van der Waals surface area contributed by atoms with Crippen molar-refractivity contribution < 1.29 is 4.79 Å². The molecule has 0 aliphatic rings. The summed E-state index contributed by atoms with van der Waals surface area (Å²) < 4.78 is 0. The topological polar surface area (TPSA) is 59.2 Å². The number of primary amides is 1. The van der Waals surface area contributed by atoms with Crippen LogP contribution in [-0.4, -0.2) is 17.9 Å². The van der Waals surface area contributed by atoms with E-state index < -0.39 is 5.91 Å². The Morgan fingerprint density at radius 2 is 1.70 bits per heavy atom. The molecular weight excluding hydrogens is 250 g/mol. The highest BCUT2D eigenvalue weighted by atomic mass is 16.1. The molecule has 0 fully saturated rings. The largest absolute Gasteiger partial charge is 0.366 e. The average molecular weight is 267 g/mol. The third-order valence-electron chi connectivity index (χ3n) is 3.14. The molecular formula is C16H17N3O. The molecule has 0 bridgehead atoms. The lowest BCUT2D eigenvalue weighted by Crippen LogP contribution is -2.14. The number of hydrogen-bond donors (Lipinski definition) is 1. The van der Waals surface area contributed by atoms with Gasteiger partial charge in [0.2, 0.25) is 5.91 Å². The molecule has 0 radical (unpaired) electrons. The lowest BCUT2D eigenvalue weighted by Gasteiger charge is -2.19. The molecule has 0 saturated heterocycles. The van der Waals surface area contributed by atoms with Crippen molar-refractivity contribution in [2.45, 2.75) is 6.42 Å². The summed E-state index contributed by atoms with van der Waals surface area (Å²) in [5.41, 5.74) is 8.74. The molecule has 0 aliphatic carbocycles. The summed E-state index contributed by atoms with van der Waals surface area (Å²) in [4.78, 5) is 17.0. The van der Waals surface area contributed by atoms with Crippen LogP contribution in [0.5, 0.6) is 0 Å². The van der Waals surface area contributed by atoms with Crippen LogP contribution in [0.4, 0.5) is 11.4 Å². The summed E-state index contributed by atoms with van der Waals surface area (Å²) in [6, 6.07) is 11.8. The third-order valence-corrected chi connectivity index (χ3v) is 3.14. The van der Waals surface area contributed by atoms with E-state index in [4.69, 9.17) is 5.73 Å². The number of hydrogen-bond acceptors (Lipinski definition) is 3. The first-order chi connectivity index (χ1) is 9.58. The first-order valence-corrected chi connectivity index (χ1v) is 6.28. The van der Waals surface area contributed by atoms with Crippen molar-refractivity contribution in [2.24, 2.45) is 5.73 Å². The van der Waals surface area contributed by atoms with Gasteiger partial charge in [0.15, 0.2) is 0 Å². The van der Waals surface area contributed by atoms with E-state index in [-0.39, 0.29) is 0 Å². The zero-order chi connectivity index (χ0) is 14.5. The van der Waals surface area contributed by atoms with Crippen molar-refractivity contribution in [3.8, 4) is 0 Å². The van der Waals surface area contributed by atoms with Crippen molar-refractivity contribution >= 4 is 17.3 Å². The maximum atomic E-state index is 11.0. The fraction of sp³-hybridized carbons (Fsp3) is 0.125. The molecule has 1 aromatic heterocycles. The van der Waals surface area contributed by atoms with Gasteiger partial charge in [0.25, 0.3) is 0 Å². The molecule has 1 amide bonds. The molecule has 0 atom stereocenters. The van der Waals surface area contributed by atoms with Crippen molar-refractivity contribution in [1.82, 2.24) is 4.98 Å². The number of amides is 1. The second kappa shape index (κ2) is 6.02. The highest BCUT2D eigenvalue weighted by Gasteiger charge is 2.06. The standard InChI is InChI=1S/C16H17N3O/c1-12(16(17)20)11-13-3-5-14(6-4-13)19(2)15-7-9-18-10-8-15/h3-10H,1,11H2,2H3,(H2,17,20).